The van der Waals surface area contributed by atoms with Gasteiger partial charge in [0, 0.05) is 6.04 Å². The molecule has 0 saturated carbocycles. The van der Waals surface area contributed by atoms with Crippen molar-refractivity contribution in [3.05, 3.63) is 34.9 Å². The molecule has 3 heteroatoms. The van der Waals surface area contributed by atoms with Gasteiger partial charge >= 0.3 is 5.97 Å². The predicted molar refractivity (Wildman–Crippen MR) is 78.2 cm³/mol. The summed E-state index contributed by atoms with van der Waals surface area (Å²) >= 11 is 0. The summed E-state index contributed by atoms with van der Waals surface area (Å²) in [7, 11) is 0. The van der Waals surface area contributed by atoms with Gasteiger partial charge in [-0.1, -0.05) is 36.2 Å². The van der Waals surface area contributed by atoms with Crippen molar-refractivity contribution < 1.29 is 9.53 Å². The number of benzene rings is 1. The molecule has 19 heavy (non-hydrogen) atoms. The van der Waals surface area contributed by atoms with Crippen LogP contribution in [0.15, 0.2) is 18.2 Å². The molecule has 0 aliphatic rings. The lowest BCUT2D eigenvalue weighted by Crippen LogP contribution is -2.36. The third kappa shape index (κ3) is 4.67. The molecule has 1 aromatic carbocycles. The molecule has 0 spiro atoms. The average molecular weight is 263 g/mol. The van der Waals surface area contributed by atoms with Crippen molar-refractivity contribution in [2.45, 2.75) is 53.1 Å². The molecule has 2 unspecified atom stereocenters. The fourth-order valence-electron chi connectivity index (χ4n) is 2.10. The van der Waals surface area contributed by atoms with E-state index in [9.17, 15) is 4.79 Å². The molecule has 0 fully saturated rings. The summed E-state index contributed by atoms with van der Waals surface area (Å²) < 4.78 is 5.18. The van der Waals surface area contributed by atoms with Gasteiger partial charge in [0.2, 0.25) is 0 Å². The van der Waals surface area contributed by atoms with Crippen LogP contribution in [-0.2, 0) is 9.53 Å². The quantitative estimate of drug-likeness (QED) is 0.800. The van der Waals surface area contributed by atoms with Crippen LogP contribution >= 0.6 is 0 Å². The molecule has 0 heterocycles. The van der Waals surface area contributed by atoms with E-state index in [1.165, 1.54) is 0 Å². The van der Waals surface area contributed by atoms with Crippen molar-refractivity contribution in [1.82, 2.24) is 5.32 Å². The Morgan fingerprint density at radius 2 is 1.79 bits per heavy atom. The van der Waals surface area contributed by atoms with Crippen LogP contribution in [0.5, 0.6) is 0 Å². The van der Waals surface area contributed by atoms with Gasteiger partial charge in [0.25, 0.3) is 0 Å². The fraction of sp³-hybridized carbons (Fsp3) is 0.562. The Bertz CT molecular complexity index is 409. The average Bonchev–Trinajstić information content (AvgIpc) is 2.34. The van der Waals surface area contributed by atoms with Gasteiger partial charge in [0.1, 0.15) is 6.04 Å². The van der Waals surface area contributed by atoms with Crippen LogP contribution < -0.4 is 5.32 Å². The minimum absolute atomic E-state index is 0.201. The van der Waals surface area contributed by atoms with Crippen LogP contribution in [0, 0.1) is 13.8 Å². The number of hydrogen-bond acceptors (Lipinski definition) is 3. The van der Waals surface area contributed by atoms with Gasteiger partial charge in [-0.2, -0.15) is 0 Å². The van der Waals surface area contributed by atoms with Crippen LogP contribution in [0.2, 0.25) is 0 Å². The van der Waals surface area contributed by atoms with Gasteiger partial charge in [-0.05, 0) is 39.7 Å². The van der Waals surface area contributed by atoms with Crippen molar-refractivity contribution in [3.63, 3.8) is 0 Å². The maximum atomic E-state index is 12.1. The lowest BCUT2D eigenvalue weighted by molar-refractivity contribution is -0.146. The molecule has 1 rings (SSSR count). The third-order valence-corrected chi connectivity index (χ3v) is 3.16. The van der Waals surface area contributed by atoms with Crippen LogP contribution in [0.1, 0.15) is 49.9 Å². The number of rotatable bonds is 6. The number of carbonyl (C=O) groups excluding carboxylic acids is 1. The Morgan fingerprint density at radius 1 is 1.21 bits per heavy atom. The summed E-state index contributed by atoms with van der Waals surface area (Å²) in [6.07, 6.45) is 0.973. The van der Waals surface area contributed by atoms with Crippen molar-refractivity contribution in [2.75, 3.05) is 6.61 Å². The second kappa shape index (κ2) is 7.29. The standard InChI is InChI=1S/C16H25NO2/c1-6-13(5)17-15(16(18)19-7-2)14-9-11(3)8-12(4)10-14/h8-10,13,15,17H,6-7H2,1-5H3. The Kier molecular flexibility index (Phi) is 6.03. The van der Waals surface area contributed by atoms with Crippen molar-refractivity contribution in [2.24, 2.45) is 0 Å². The van der Waals surface area contributed by atoms with Crippen molar-refractivity contribution in [3.8, 4) is 0 Å². The van der Waals surface area contributed by atoms with Gasteiger partial charge in [-0.15, -0.1) is 0 Å². The number of esters is 1. The highest BCUT2D eigenvalue weighted by Gasteiger charge is 2.23. The van der Waals surface area contributed by atoms with Crippen LogP contribution in [0.4, 0.5) is 0 Å². The largest absolute Gasteiger partial charge is 0.465 e. The number of nitrogens with one attached hydrogen (secondary N) is 1. The van der Waals surface area contributed by atoms with Gasteiger partial charge in [-0.3, -0.25) is 5.32 Å². The molecule has 0 amide bonds. The minimum atomic E-state index is -0.381. The molecular weight excluding hydrogens is 238 g/mol. The highest BCUT2D eigenvalue weighted by Crippen LogP contribution is 2.19. The molecule has 2 atom stereocenters. The normalized spacial score (nSPS) is 13.9. The van der Waals surface area contributed by atoms with E-state index in [0.29, 0.717) is 6.61 Å². The summed E-state index contributed by atoms with van der Waals surface area (Å²) in [5, 5.41) is 3.35. The molecular formula is C16H25NO2. The second-order valence-corrected chi connectivity index (χ2v) is 5.08. The zero-order valence-electron chi connectivity index (χ0n) is 12.6. The first-order valence-electron chi connectivity index (χ1n) is 6.98. The summed E-state index contributed by atoms with van der Waals surface area (Å²) in [5.41, 5.74) is 3.31. The number of carbonyl (C=O) groups is 1. The van der Waals surface area contributed by atoms with E-state index in [0.717, 1.165) is 23.1 Å². The highest BCUT2D eigenvalue weighted by molar-refractivity contribution is 5.77. The van der Waals surface area contributed by atoms with Gasteiger partial charge in [-0.25, -0.2) is 4.79 Å². The van der Waals surface area contributed by atoms with Crippen LogP contribution in [0.25, 0.3) is 0 Å². The van der Waals surface area contributed by atoms with Gasteiger partial charge in [0.15, 0.2) is 0 Å². The van der Waals surface area contributed by atoms with E-state index in [1.807, 2.05) is 32.9 Å². The predicted octanol–water partition coefficient (Wildman–Crippen LogP) is 3.30. The molecule has 0 aromatic heterocycles. The van der Waals surface area contributed by atoms with Crippen molar-refractivity contribution >= 4 is 5.97 Å². The van der Waals surface area contributed by atoms with Gasteiger partial charge < -0.3 is 4.74 Å². The van der Waals surface area contributed by atoms with Crippen LogP contribution in [-0.4, -0.2) is 18.6 Å². The van der Waals surface area contributed by atoms with E-state index in [1.54, 1.807) is 0 Å². The van der Waals surface area contributed by atoms with E-state index in [2.05, 4.69) is 25.2 Å². The van der Waals surface area contributed by atoms with E-state index < -0.39 is 0 Å². The fourth-order valence-corrected chi connectivity index (χ4v) is 2.10. The molecule has 0 saturated heterocycles. The van der Waals surface area contributed by atoms with Crippen molar-refractivity contribution in [1.29, 1.82) is 0 Å². The smallest absolute Gasteiger partial charge is 0.327 e. The summed E-state index contributed by atoms with van der Waals surface area (Å²) in [6.45, 7) is 10.5. The molecule has 1 N–H and O–H groups in total. The second-order valence-electron chi connectivity index (χ2n) is 5.08. The lowest BCUT2D eigenvalue weighted by Gasteiger charge is -2.22. The number of hydrogen-bond donors (Lipinski definition) is 1. The summed E-state index contributed by atoms with van der Waals surface area (Å²) in [6, 6.07) is 6.09. The number of aryl methyl sites for hydroxylation is 2. The molecule has 0 bridgehead atoms. The number of ether oxygens (including phenoxy) is 1. The molecule has 3 nitrogen and oxygen atoms in total. The molecule has 0 aliphatic heterocycles. The maximum Gasteiger partial charge on any atom is 0.327 e. The Labute approximate surface area is 116 Å². The zero-order chi connectivity index (χ0) is 14.4. The van der Waals surface area contributed by atoms with E-state index in [4.69, 9.17) is 4.74 Å². The minimum Gasteiger partial charge on any atom is -0.465 e. The Hall–Kier alpha value is -1.35. The zero-order valence-corrected chi connectivity index (χ0v) is 12.6. The first kappa shape index (κ1) is 15.7. The Balaban J connectivity index is 3.03. The SMILES string of the molecule is CCOC(=O)C(NC(C)CC)c1cc(C)cc(C)c1. The molecule has 0 radical (unpaired) electrons. The topological polar surface area (TPSA) is 38.3 Å². The summed E-state index contributed by atoms with van der Waals surface area (Å²) in [4.78, 5) is 12.1. The Morgan fingerprint density at radius 3 is 2.26 bits per heavy atom. The van der Waals surface area contributed by atoms with Crippen LogP contribution in [0.3, 0.4) is 0 Å². The molecule has 1 aromatic rings. The molecule has 106 valence electrons. The lowest BCUT2D eigenvalue weighted by atomic mass is 10.0. The summed E-state index contributed by atoms with van der Waals surface area (Å²) in [5.74, 6) is -0.201. The molecule has 0 aliphatic carbocycles. The van der Waals surface area contributed by atoms with E-state index in [-0.39, 0.29) is 18.1 Å². The highest BCUT2D eigenvalue weighted by atomic mass is 16.5. The maximum absolute atomic E-state index is 12.1. The monoisotopic (exact) mass is 263 g/mol. The first-order chi connectivity index (χ1) is 8.97. The van der Waals surface area contributed by atoms with Gasteiger partial charge in [0.05, 0.1) is 6.61 Å². The third-order valence-electron chi connectivity index (χ3n) is 3.16. The first-order valence-corrected chi connectivity index (χ1v) is 6.98. The van der Waals surface area contributed by atoms with E-state index >= 15 is 0 Å².